The molecule has 0 saturated heterocycles. The lowest BCUT2D eigenvalue weighted by atomic mass is 10.0. The third kappa shape index (κ3) is 2.28. The lowest BCUT2D eigenvalue weighted by molar-refractivity contribution is -0.139. The van der Waals surface area contributed by atoms with E-state index in [1.165, 1.54) is 7.11 Å². The highest BCUT2D eigenvalue weighted by Gasteiger charge is 2.20. The Hall–Kier alpha value is -2.28. The minimum Gasteiger partial charge on any atom is -0.468 e. The molecular weight excluding hydrogens is 218 g/mol. The second kappa shape index (κ2) is 4.71. The molecule has 1 aromatic carbocycles. The van der Waals surface area contributed by atoms with Crippen molar-refractivity contribution >= 4 is 11.9 Å². The van der Waals surface area contributed by atoms with Gasteiger partial charge in [0.15, 0.2) is 0 Å². The summed E-state index contributed by atoms with van der Waals surface area (Å²) in [4.78, 5) is 22.3. The number of nitrogens with one attached hydrogen (secondary N) is 1. The first-order chi connectivity index (χ1) is 8.22. The van der Waals surface area contributed by atoms with Gasteiger partial charge in [0.25, 0.3) is 5.91 Å². The molecule has 0 aromatic heterocycles. The zero-order chi connectivity index (χ0) is 12.3. The van der Waals surface area contributed by atoms with Crippen LogP contribution in [0, 0.1) is 11.8 Å². The number of carbonyl (C=O) groups is 2. The fourth-order valence-electron chi connectivity index (χ4n) is 1.65. The van der Waals surface area contributed by atoms with Crippen molar-refractivity contribution in [2.75, 3.05) is 7.11 Å². The summed E-state index contributed by atoms with van der Waals surface area (Å²) >= 11 is 0. The van der Waals surface area contributed by atoms with Gasteiger partial charge in [-0.1, -0.05) is 17.9 Å². The van der Waals surface area contributed by atoms with E-state index in [0.29, 0.717) is 12.1 Å². The maximum Gasteiger partial charge on any atom is 0.317 e. The molecule has 0 atom stereocenters. The van der Waals surface area contributed by atoms with E-state index in [-0.39, 0.29) is 18.3 Å². The van der Waals surface area contributed by atoms with Gasteiger partial charge in [-0.15, -0.1) is 0 Å². The monoisotopic (exact) mass is 229 g/mol. The predicted molar refractivity (Wildman–Crippen MR) is 61.1 cm³/mol. The third-order valence-electron chi connectivity index (χ3n) is 2.53. The minimum absolute atomic E-state index is 0.0571. The van der Waals surface area contributed by atoms with Crippen molar-refractivity contribution in [3.63, 3.8) is 0 Å². The first-order valence-electron chi connectivity index (χ1n) is 5.18. The van der Waals surface area contributed by atoms with Crippen LogP contribution in [0.25, 0.3) is 0 Å². The predicted octanol–water partition coefficient (Wildman–Crippen LogP) is 0.845. The summed E-state index contributed by atoms with van der Waals surface area (Å²) in [6.45, 7) is 0.497. The quantitative estimate of drug-likeness (QED) is 0.573. The smallest absolute Gasteiger partial charge is 0.317 e. The van der Waals surface area contributed by atoms with Crippen LogP contribution >= 0.6 is 0 Å². The fourth-order valence-corrected chi connectivity index (χ4v) is 1.65. The molecule has 86 valence electrons. The van der Waals surface area contributed by atoms with Gasteiger partial charge in [0.2, 0.25) is 0 Å². The van der Waals surface area contributed by atoms with Gasteiger partial charge >= 0.3 is 5.97 Å². The van der Waals surface area contributed by atoms with Gasteiger partial charge in [-0.25, -0.2) is 0 Å². The van der Waals surface area contributed by atoms with Crippen LogP contribution in [0.3, 0.4) is 0 Å². The van der Waals surface area contributed by atoms with Crippen molar-refractivity contribution < 1.29 is 14.3 Å². The van der Waals surface area contributed by atoms with Crippen molar-refractivity contribution in [1.82, 2.24) is 5.32 Å². The van der Waals surface area contributed by atoms with E-state index in [9.17, 15) is 9.59 Å². The maximum atomic E-state index is 11.4. The molecule has 0 bridgehead atoms. The Labute approximate surface area is 99.0 Å². The van der Waals surface area contributed by atoms with Crippen LogP contribution < -0.4 is 5.32 Å². The van der Waals surface area contributed by atoms with E-state index >= 15 is 0 Å². The number of hydrogen-bond acceptors (Lipinski definition) is 3. The summed E-state index contributed by atoms with van der Waals surface area (Å²) in [6.07, 6.45) is 0.0571. The van der Waals surface area contributed by atoms with E-state index < -0.39 is 0 Å². The molecule has 4 nitrogen and oxygen atoms in total. The van der Waals surface area contributed by atoms with Gasteiger partial charge in [0.05, 0.1) is 7.11 Å². The van der Waals surface area contributed by atoms with Crippen LogP contribution in [-0.2, 0) is 16.1 Å². The number of methoxy groups -OCH3 is 1. The van der Waals surface area contributed by atoms with Gasteiger partial charge in [-0.3, -0.25) is 9.59 Å². The summed E-state index contributed by atoms with van der Waals surface area (Å²) in [6, 6.07) is 5.39. The van der Waals surface area contributed by atoms with Crippen LogP contribution in [0.15, 0.2) is 18.2 Å². The lowest BCUT2D eigenvalue weighted by Gasteiger charge is -1.98. The van der Waals surface area contributed by atoms with Crippen molar-refractivity contribution in [3.05, 3.63) is 34.9 Å². The summed E-state index contributed by atoms with van der Waals surface area (Å²) in [7, 11) is 1.33. The first-order valence-corrected chi connectivity index (χ1v) is 5.18. The molecule has 1 N–H and O–H groups in total. The number of ether oxygens (including phenoxy) is 1. The van der Waals surface area contributed by atoms with Crippen LogP contribution in [0.5, 0.6) is 0 Å². The zero-order valence-corrected chi connectivity index (χ0v) is 9.37. The van der Waals surface area contributed by atoms with E-state index in [0.717, 1.165) is 11.1 Å². The molecular formula is C13H11NO3. The van der Waals surface area contributed by atoms with Gasteiger partial charge in [0, 0.05) is 17.7 Å². The van der Waals surface area contributed by atoms with E-state index in [1.54, 1.807) is 12.1 Å². The Bertz CT molecular complexity index is 537. The third-order valence-corrected chi connectivity index (χ3v) is 2.53. The molecule has 4 heteroatoms. The molecule has 0 saturated carbocycles. The van der Waals surface area contributed by atoms with Crippen molar-refractivity contribution in [2.45, 2.75) is 13.0 Å². The molecule has 0 spiro atoms. The Balaban J connectivity index is 2.23. The first kappa shape index (κ1) is 11.2. The van der Waals surface area contributed by atoms with Crippen molar-refractivity contribution in [1.29, 1.82) is 0 Å². The Morgan fingerprint density at radius 1 is 1.53 bits per heavy atom. The molecule has 1 aromatic rings. The van der Waals surface area contributed by atoms with Crippen LogP contribution in [0.4, 0.5) is 0 Å². The molecule has 0 radical (unpaired) electrons. The number of fused-ring (bicyclic) bond motifs is 1. The summed E-state index contributed by atoms with van der Waals surface area (Å²) < 4.78 is 4.49. The van der Waals surface area contributed by atoms with Gasteiger partial charge in [-0.2, -0.15) is 0 Å². The Morgan fingerprint density at radius 2 is 2.35 bits per heavy atom. The second-order valence-electron chi connectivity index (χ2n) is 3.57. The summed E-state index contributed by atoms with van der Waals surface area (Å²) in [5.74, 6) is 5.19. The SMILES string of the molecule is COC(=O)CC#Cc1cccc2c1CNC2=O. The molecule has 1 amide bonds. The molecule has 1 aliphatic rings. The standard InChI is InChI=1S/C13H11NO3/c1-17-12(15)7-3-5-9-4-2-6-10-11(9)8-14-13(10)16/h2,4,6H,7-8H2,1H3,(H,14,16). The summed E-state index contributed by atoms with van der Waals surface area (Å²) in [5.41, 5.74) is 2.34. The van der Waals surface area contributed by atoms with Crippen LogP contribution in [-0.4, -0.2) is 19.0 Å². The topological polar surface area (TPSA) is 55.4 Å². The number of benzene rings is 1. The number of esters is 1. The average molecular weight is 229 g/mol. The maximum absolute atomic E-state index is 11.4. The van der Waals surface area contributed by atoms with E-state index in [1.807, 2.05) is 6.07 Å². The Morgan fingerprint density at radius 3 is 3.12 bits per heavy atom. The summed E-state index contributed by atoms with van der Waals surface area (Å²) in [5, 5.41) is 2.74. The van der Waals surface area contributed by atoms with Crippen LogP contribution in [0.1, 0.15) is 27.9 Å². The molecule has 0 aliphatic carbocycles. The molecule has 0 unspecified atom stereocenters. The highest BCUT2D eigenvalue weighted by atomic mass is 16.5. The molecule has 0 fully saturated rings. The van der Waals surface area contributed by atoms with Crippen molar-refractivity contribution in [2.24, 2.45) is 0 Å². The minimum atomic E-state index is -0.362. The normalized spacial score (nSPS) is 12.2. The van der Waals surface area contributed by atoms with E-state index in [2.05, 4.69) is 21.9 Å². The number of carbonyl (C=O) groups excluding carboxylic acids is 2. The number of hydrogen-bond donors (Lipinski definition) is 1. The van der Waals surface area contributed by atoms with Gasteiger partial charge in [-0.05, 0) is 17.7 Å². The Kier molecular flexibility index (Phi) is 3.10. The van der Waals surface area contributed by atoms with Crippen molar-refractivity contribution in [3.8, 4) is 11.8 Å². The van der Waals surface area contributed by atoms with E-state index in [4.69, 9.17) is 0 Å². The molecule has 1 heterocycles. The molecule has 1 aliphatic heterocycles. The highest BCUT2D eigenvalue weighted by molar-refractivity contribution is 5.99. The zero-order valence-electron chi connectivity index (χ0n) is 9.37. The molecule has 2 rings (SSSR count). The lowest BCUT2D eigenvalue weighted by Crippen LogP contribution is -2.12. The fraction of sp³-hybridized carbons (Fsp3) is 0.231. The van der Waals surface area contributed by atoms with Crippen LogP contribution in [0.2, 0.25) is 0 Å². The molecule has 17 heavy (non-hydrogen) atoms. The average Bonchev–Trinajstić information content (AvgIpc) is 2.72. The second-order valence-corrected chi connectivity index (χ2v) is 3.57. The number of amides is 1. The van der Waals surface area contributed by atoms with Gasteiger partial charge in [0.1, 0.15) is 6.42 Å². The highest BCUT2D eigenvalue weighted by Crippen LogP contribution is 2.18. The largest absolute Gasteiger partial charge is 0.468 e. The number of rotatable bonds is 1. The van der Waals surface area contributed by atoms with Gasteiger partial charge < -0.3 is 10.1 Å².